The zero-order valence-corrected chi connectivity index (χ0v) is 49.2. The predicted molar refractivity (Wildman–Crippen MR) is 211 cm³/mol. The van der Waals surface area contributed by atoms with E-state index in [0.29, 0.717) is 0 Å². The van der Waals surface area contributed by atoms with E-state index in [4.69, 9.17) is 9.92 Å². The van der Waals surface area contributed by atoms with Crippen molar-refractivity contribution in [1.82, 2.24) is 0 Å². The van der Waals surface area contributed by atoms with Crippen LogP contribution in [-0.2, 0) is 67.3 Å². The van der Waals surface area contributed by atoms with Crippen molar-refractivity contribution >= 4 is 141 Å². The minimum Gasteiger partial charge on any atom is -0.744 e. The third-order valence-electron chi connectivity index (χ3n) is 6.76. The molecule has 3 N–H and O–H groups in total. The maximum Gasteiger partial charge on any atom is 1.00 e. The van der Waals surface area contributed by atoms with Crippen LogP contribution in [0.25, 0.3) is 10.8 Å². The van der Waals surface area contributed by atoms with Gasteiger partial charge in [-0.2, -0.15) is 14.6 Å². The topological polar surface area (TPSA) is 380 Å². The fourth-order valence-electron chi connectivity index (χ4n) is 4.38. The number of nitrogens with zero attached hydrogens (tertiary/aromatic N) is 4. The van der Waals surface area contributed by atoms with Crippen molar-refractivity contribution in [3.8, 4) is 5.75 Å². The molecule has 318 valence electrons. The fraction of sp³-hybridized carbons (Fsp3) is 0.154. The van der Waals surface area contributed by atoms with Gasteiger partial charge in [-0.1, -0.05) is 6.07 Å². The Morgan fingerprint density at radius 3 is 1.84 bits per heavy atom. The maximum atomic E-state index is 12.6. The third kappa shape index (κ3) is 20.2. The van der Waals surface area contributed by atoms with Crippen molar-refractivity contribution < 1.29 is 204 Å². The number of phenols is 1. The van der Waals surface area contributed by atoms with Crippen molar-refractivity contribution in [3.05, 3.63) is 60.7 Å². The van der Waals surface area contributed by atoms with Gasteiger partial charge in [0.25, 0.3) is 0 Å². The van der Waals surface area contributed by atoms with Crippen LogP contribution in [0.5, 0.6) is 5.75 Å². The number of anilines is 1. The summed E-state index contributed by atoms with van der Waals surface area (Å²) in [6.07, 6.45) is 0. The van der Waals surface area contributed by atoms with E-state index in [-0.39, 0.29) is 181 Å². The van der Waals surface area contributed by atoms with Gasteiger partial charge in [0.05, 0.1) is 78.8 Å². The van der Waals surface area contributed by atoms with E-state index < -0.39 is 90.9 Å². The summed E-state index contributed by atoms with van der Waals surface area (Å²) in [5.41, 5.74) is 4.08. The van der Waals surface area contributed by atoms with Crippen molar-refractivity contribution in [3.63, 3.8) is 0 Å². The Labute approximate surface area is 474 Å². The first kappa shape index (κ1) is 65.6. The number of nitrogens with two attached hydrogens (primary N) is 1. The van der Waals surface area contributed by atoms with Gasteiger partial charge in [-0.05, 0) is 60.0 Å². The predicted octanol–water partition coefficient (Wildman–Crippen LogP) is -8.29. The van der Waals surface area contributed by atoms with Gasteiger partial charge in [-0.3, -0.25) is 18.4 Å². The Balaban J connectivity index is 0. The van der Waals surface area contributed by atoms with Gasteiger partial charge in [0.2, 0.25) is 10.4 Å². The molecular formula is C26H21I2N5Na4O19S6. The van der Waals surface area contributed by atoms with E-state index in [2.05, 4.69) is 80.6 Å². The number of sulfone groups is 2. The molecule has 0 radical (unpaired) electrons. The molecule has 0 aliphatic carbocycles. The minimum absolute atomic E-state index is 0. The zero-order chi connectivity index (χ0) is 43.3. The summed E-state index contributed by atoms with van der Waals surface area (Å²) in [4.78, 5) is -1.89. The van der Waals surface area contributed by atoms with Crippen LogP contribution in [0.3, 0.4) is 0 Å². The number of phenolic OH excluding ortho intramolecular Hbond substituents is 1. The van der Waals surface area contributed by atoms with Gasteiger partial charge in [0, 0.05) is 37.2 Å². The SMILES string of the molecule is II.Nc1c(N=Nc2cccc(S(=O)(=O)CCOS(=O)(=O)[O-])c2)c(S(=O)(=O)[O-])cc2cc(SOO[O-])c(N=Nc3ccc(S(=O)(=O)CCOSOO[O-])cc3)c(O)c12.[Na+].[Na+].[Na+].[Na+]. The van der Waals surface area contributed by atoms with Crippen LogP contribution in [0.4, 0.5) is 28.4 Å². The monoisotopic (exact) mass is 1240 g/mol. The number of hydrogen-bond acceptors (Lipinski definition) is 26. The average Bonchev–Trinajstić information content (AvgIpc) is 3.16. The van der Waals surface area contributed by atoms with Crippen LogP contribution in [-0.4, -0.2) is 72.6 Å². The summed E-state index contributed by atoms with van der Waals surface area (Å²) in [7, 11) is -18.7. The van der Waals surface area contributed by atoms with Gasteiger partial charge in [0.1, 0.15) is 21.5 Å². The number of nitrogen functional groups attached to an aromatic ring is 1. The Morgan fingerprint density at radius 2 is 1.26 bits per heavy atom. The number of rotatable bonds is 20. The molecule has 0 saturated heterocycles. The first-order chi connectivity index (χ1) is 27.3. The molecule has 0 aliphatic heterocycles. The molecule has 4 rings (SSSR count). The van der Waals surface area contributed by atoms with E-state index in [0.717, 1.165) is 24.3 Å². The second-order valence-corrected chi connectivity index (χ2v) is 18.1. The second-order valence-electron chi connectivity index (χ2n) is 10.3. The average molecular weight is 1250 g/mol. The van der Waals surface area contributed by atoms with Crippen LogP contribution in [0.15, 0.2) is 101 Å². The molecule has 24 nitrogen and oxygen atoms in total. The van der Waals surface area contributed by atoms with E-state index in [1.807, 2.05) is 0 Å². The van der Waals surface area contributed by atoms with E-state index in [9.17, 15) is 58.4 Å². The third-order valence-corrected chi connectivity index (χ3v) is 12.4. The molecule has 0 amide bonds. The first-order valence-electron chi connectivity index (χ1n) is 14.5. The molecule has 0 spiro atoms. The first-order valence-corrected chi connectivity index (χ1v) is 28.2. The Morgan fingerprint density at radius 1 is 0.694 bits per heavy atom. The molecule has 0 unspecified atom stereocenters. The van der Waals surface area contributed by atoms with Gasteiger partial charge < -0.3 is 30.5 Å². The number of fused-ring (bicyclic) bond motifs is 1. The van der Waals surface area contributed by atoms with Crippen molar-refractivity contribution in [2.45, 2.75) is 19.6 Å². The van der Waals surface area contributed by atoms with Crippen molar-refractivity contribution in [1.29, 1.82) is 0 Å². The molecule has 36 heteroatoms. The van der Waals surface area contributed by atoms with Crippen LogP contribution in [0.1, 0.15) is 0 Å². The summed E-state index contributed by atoms with van der Waals surface area (Å²) in [5.74, 6) is -2.28. The molecule has 4 aromatic rings. The number of hydrogen-bond donors (Lipinski definition) is 2. The normalized spacial score (nSPS) is 11.8. The Kier molecular flexibility index (Phi) is 32.7. The van der Waals surface area contributed by atoms with Gasteiger partial charge >= 0.3 is 118 Å². The molecule has 0 atom stereocenters. The molecule has 0 saturated carbocycles. The maximum absolute atomic E-state index is 12.6. The number of halogens is 2. The molecule has 0 aromatic heterocycles. The van der Waals surface area contributed by atoms with Crippen LogP contribution < -0.4 is 134 Å². The molecule has 62 heavy (non-hydrogen) atoms. The van der Waals surface area contributed by atoms with E-state index in [1.54, 1.807) is 0 Å². The van der Waals surface area contributed by atoms with Gasteiger partial charge in [-0.15, -0.1) is 14.6 Å². The summed E-state index contributed by atoms with van der Waals surface area (Å²) >= 11 is 4.55. The molecule has 0 fully saturated rings. The minimum atomic E-state index is -5.41. The fourth-order valence-corrected chi connectivity index (χ4v) is 8.46. The summed E-state index contributed by atoms with van der Waals surface area (Å²) in [6, 6.07) is 11.0. The Bertz CT molecular complexity index is 2610. The zero-order valence-electron chi connectivity index (χ0n) is 32.0. The largest absolute Gasteiger partial charge is 1.00 e. The van der Waals surface area contributed by atoms with Crippen LogP contribution >= 0.6 is 61.6 Å². The Hall–Kier alpha value is 1.50. The number of azo groups is 2. The molecule has 0 heterocycles. The standard InChI is InChI=1S/C26H25N5O19S6.I2.4Na/c27-23-22-15(13-21(55(39,40)41)25(23)31-29-17-2-1-3-19(14-17)54(37,38)11-9-46-56(42,43)44)12-20(51-49-47-33)24(26(22)32)30-28-16-4-6-18(7-5-16)53(35,36)10-8-45-52-50-48-34;1-2;;;;/h1-7,12-14,32-34H,8-11,27H2,(H,39,40,41)(H,42,43,44);;;;;/q;;4*+1/p-4. The summed E-state index contributed by atoms with van der Waals surface area (Å²) < 4.78 is 136. The number of aromatic hydroxyl groups is 1. The molecular weight excluding hydrogens is 1220 g/mol. The summed E-state index contributed by atoms with van der Waals surface area (Å²) in [5, 5.41) is 52.9. The summed E-state index contributed by atoms with van der Waals surface area (Å²) in [6.45, 7) is -1.37. The van der Waals surface area contributed by atoms with Crippen LogP contribution in [0, 0.1) is 0 Å². The molecule has 0 aliphatic rings. The van der Waals surface area contributed by atoms with Gasteiger partial charge in [0.15, 0.2) is 37.7 Å². The quantitative estimate of drug-likeness (QED) is 0.00793. The van der Waals surface area contributed by atoms with E-state index >= 15 is 0 Å². The van der Waals surface area contributed by atoms with Crippen LogP contribution in [0.2, 0.25) is 0 Å². The van der Waals surface area contributed by atoms with Gasteiger partial charge in [-0.25, -0.2) is 33.7 Å². The second kappa shape index (κ2) is 30.9. The van der Waals surface area contributed by atoms with Crippen molar-refractivity contribution in [2.24, 2.45) is 20.5 Å². The van der Waals surface area contributed by atoms with E-state index in [1.165, 1.54) is 36.4 Å². The smallest absolute Gasteiger partial charge is 0.744 e. The molecule has 0 bridgehead atoms. The van der Waals surface area contributed by atoms with Crippen molar-refractivity contribution in [2.75, 3.05) is 30.5 Å². The molecule has 4 aromatic carbocycles. The number of benzene rings is 4.